The number of phenolic OH excluding ortho intramolecular Hbond substituents is 1. The van der Waals surface area contributed by atoms with Crippen molar-refractivity contribution >= 4 is 0 Å². The minimum Gasteiger partial charge on any atom is -0.508 e. The van der Waals surface area contributed by atoms with Gasteiger partial charge in [0.05, 0.1) is 0 Å². The Morgan fingerprint density at radius 3 is 2.53 bits per heavy atom. The molecule has 2 atom stereocenters. The molecule has 0 saturated carbocycles. The third kappa shape index (κ3) is 3.45. The first kappa shape index (κ1) is 14.0. The van der Waals surface area contributed by atoms with Crippen LogP contribution in [0.5, 0.6) is 5.75 Å². The van der Waals surface area contributed by atoms with E-state index in [0.29, 0.717) is 12.3 Å². The maximum absolute atomic E-state index is 9.96. The van der Waals surface area contributed by atoms with Crippen LogP contribution in [0.15, 0.2) is 18.2 Å². The van der Waals surface area contributed by atoms with Crippen LogP contribution in [0.3, 0.4) is 0 Å². The van der Waals surface area contributed by atoms with Crippen molar-refractivity contribution in [3.8, 4) is 5.75 Å². The molecule has 1 rings (SSSR count). The number of hydrogen-bond acceptors (Lipinski definition) is 3. The molecule has 0 saturated heterocycles. The average molecular weight is 237 g/mol. The van der Waals surface area contributed by atoms with E-state index in [1.807, 2.05) is 19.1 Å². The summed E-state index contributed by atoms with van der Waals surface area (Å²) < 4.78 is 0. The molecule has 0 aromatic heterocycles. The molecule has 2 unspecified atom stereocenters. The molecule has 1 aromatic rings. The van der Waals surface area contributed by atoms with Crippen molar-refractivity contribution in [3.63, 3.8) is 0 Å². The molecule has 0 amide bonds. The van der Waals surface area contributed by atoms with Crippen LogP contribution in [0, 0.1) is 12.8 Å². The van der Waals surface area contributed by atoms with Gasteiger partial charge in [-0.15, -0.1) is 0 Å². The minimum absolute atomic E-state index is 0.110. The maximum atomic E-state index is 9.96. The summed E-state index contributed by atoms with van der Waals surface area (Å²) in [7, 11) is 0. The molecule has 0 bridgehead atoms. The molecule has 0 aliphatic rings. The third-order valence-corrected chi connectivity index (χ3v) is 3.41. The fraction of sp³-hybridized carbons (Fsp3) is 0.571. The second kappa shape index (κ2) is 6.62. The predicted octanol–water partition coefficient (Wildman–Crippen LogP) is 2.15. The minimum atomic E-state index is 0.110. The Kier molecular flexibility index (Phi) is 5.45. The van der Waals surface area contributed by atoms with Crippen LogP contribution in [0.2, 0.25) is 0 Å². The first-order valence-corrected chi connectivity index (χ1v) is 6.23. The summed E-state index contributed by atoms with van der Waals surface area (Å²) in [6, 6.07) is 5.59. The molecule has 17 heavy (non-hydrogen) atoms. The van der Waals surface area contributed by atoms with Gasteiger partial charge in [-0.3, -0.25) is 0 Å². The lowest BCUT2D eigenvalue weighted by Gasteiger charge is -2.23. The summed E-state index contributed by atoms with van der Waals surface area (Å²) in [6.45, 7) is 4.70. The third-order valence-electron chi connectivity index (χ3n) is 3.41. The second-order valence-corrected chi connectivity index (χ2v) is 4.63. The lowest BCUT2D eigenvalue weighted by Crippen LogP contribution is -2.21. The van der Waals surface area contributed by atoms with Crippen molar-refractivity contribution in [3.05, 3.63) is 29.3 Å². The summed E-state index contributed by atoms with van der Waals surface area (Å²) in [6.07, 6.45) is 1.76. The van der Waals surface area contributed by atoms with Gasteiger partial charge in [0.25, 0.3) is 0 Å². The predicted molar refractivity (Wildman–Crippen MR) is 70.1 cm³/mol. The van der Waals surface area contributed by atoms with E-state index in [1.165, 1.54) is 0 Å². The quantitative estimate of drug-likeness (QED) is 0.710. The van der Waals surface area contributed by atoms with Crippen molar-refractivity contribution in [2.75, 3.05) is 13.2 Å². The van der Waals surface area contributed by atoms with Crippen molar-refractivity contribution in [2.24, 2.45) is 11.7 Å². The number of aryl methyl sites for hydroxylation is 1. The monoisotopic (exact) mass is 237 g/mol. The van der Waals surface area contributed by atoms with Crippen LogP contribution < -0.4 is 5.73 Å². The van der Waals surface area contributed by atoms with Crippen LogP contribution in [-0.2, 0) is 0 Å². The van der Waals surface area contributed by atoms with Gasteiger partial charge in [0.15, 0.2) is 0 Å². The fourth-order valence-corrected chi connectivity index (χ4v) is 2.33. The van der Waals surface area contributed by atoms with Gasteiger partial charge in [-0.25, -0.2) is 0 Å². The van der Waals surface area contributed by atoms with E-state index in [4.69, 9.17) is 5.73 Å². The highest BCUT2D eigenvalue weighted by atomic mass is 16.3. The Labute approximate surface area is 103 Å². The van der Waals surface area contributed by atoms with Crippen molar-refractivity contribution in [2.45, 2.75) is 32.6 Å². The summed E-state index contributed by atoms with van der Waals surface area (Å²) in [5.74, 6) is 0.724. The number of rotatable bonds is 6. The van der Waals surface area contributed by atoms with E-state index < -0.39 is 0 Å². The molecule has 96 valence electrons. The molecule has 3 heteroatoms. The molecule has 1 aromatic carbocycles. The number of nitrogens with two attached hydrogens (primary N) is 1. The summed E-state index contributed by atoms with van der Waals surface area (Å²) in [4.78, 5) is 0. The largest absolute Gasteiger partial charge is 0.508 e. The molecule has 0 spiro atoms. The van der Waals surface area contributed by atoms with E-state index in [2.05, 4.69) is 6.92 Å². The van der Waals surface area contributed by atoms with Gasteiger partial charge < -0.3 is 15.9 Å². The van der Waals surface area contributed by atoms with Gasteiger partial charge in [-0.05, 0) is 55.3 Å². The number of aliphatic hydroxyl groups excluding tert-OH is 1. The molecule has 0 radical (unpaired) electrons. The van der Waals surface area contributed by atoms with Gasteiger partial charge in [-0.2, -0.15) is 0 Å². The number of benzene rings is 1. The highest BCUT2D eigenvalue weighted by Crippen LogP contribution is 2.35. The lowest BCUT2D eigenvalue weighted by molar-refractivity contribution is 0.214. The Hall–Kier alpha value is -1.06. The number of phenols is 1. The molecule has 4 N–H and O–H groups in total. The number of aliphatic hydroxyl groups is 1. The smallest absolute Gasteiger partial charge is 0.119 e. The fourth-order valence-electron chi connectivity index (χ4n) is 2.33. The highest BCUT2D eigenvalue weighted by molar-refractivity contribution is 5.41. The first-order chi connectivity index (χ1) is 8.13. The number of aromatic hydroxyl groups is 1. The number of hydrogen-bond donors (Lipinski definition) is 3. The molecular formula is C14H23NO2. The van der Waals surface area contributed by atoms with E-state index in [1.54, 1.807) is 6.07 Å². The van der Waals surface area contributed by atoms with E-state index in [0.717, 1.165) is 24.0 Å². The zero-order chi connectivity index (χ0) is 12.8. The molecule has 0 heterocycles. The van der Waals surface area contributed by atoms with Gasteiger partial charge in [0.1, 0.15) is 5.75 Å². The standard InChI is InChI=1S/C14H23NO2/c1-3-12(7-11(8-15)9-16)14-10(2)5-4-6-13(14)17/h4-6,11-12,16-17H,3,7-9,15H2,1-2H3. The van der Waals surface area contributed by atoms with Crippen LogP contribution in [0.4, 0.5) is 0 Å². The molecule has 0 aliphatic heterocycles. The maximum Gasteiger partial charge on any atom is 0.119 e. The second-order valence-electron chi connectivity index (χ2n) is 4.63. The summed E-state index contributed by atoms with van der Waals surface area (Å²) >= 11 is 0. The zero-order valence-electron chi connectivity index (χ0n) is 10.7. The first-order valence-electron chi connectivity index (χ1n) is 6.23. The zero-order valence-corrected chi connectivity index (χ0v) is 10.7. The Morgan fingerprint density at radius 2 is 2.06 bits per heavy atom. The van der Waals surface area contributed by atoms with Crippen LogP contribution in [0.1, 0.15) is 36.8 Å². The van der Waals surface area contributed by atoms with Crippen LogP contribution >= 0.6 is 0 Å². The van der Waals surface area contributed by atoms with Gasteiger partial charge in [-0.1, -0.05) is 19.1 Å². The average Bonchev–Trinajstić information content (AvgIpc) is 2.33. The van der Waals surface area contributed by atoms with E-state index in [-0.39, 0.29) is 18.4 Å². The normalized spacial score (nSPS) is 14.6. The summed E-state index contributed by atoms with van der Waals surface area (Å²) in [5, 5.41) is 19.2. The lowest BCUT2D eigenvalue weighted by atomic mass is 9.84. The van der Waals surface area contributed by atoms with Crippen LogP contribution in [0.25, 0.3) is 0 Å². The van der Waals surface area contributed by atoms with Crippen molar-refractivity contribution in [1.82, 2.24) is 0 Å². The molecule has 0 aliphatic carbocycles. The Balaban J connectivity index is 2.93. The molecular weight excluding hydrogens is 214 g/mol. The Morgan fingerprint density at radius 1 is 1.35 bits per heavy atom. The summed E-state index contributed by atoms with van der Waals surface area (Å²) in [5.41, 5.74) is 7.72. The van der Waals surface area contributed by atoms with Gasteiger partial charge in [0, 0.05) is 6.61 Å². The van der Waals surface area contributed by atoms with Crippen LogP contribution in [-0.4, -0.2) is 23.4 Å². The Bertz CT molecular complexity index is 328. The SMILES string of the molecule is CCC(CC(CN)CO)c1c(C)cccc1O. The van der Waals surface area contributed by atoms with Crippen molar-refractivity contribution < 1.29 is 10.2 Å². The van der Waals surface area contributed by atoms with Crippen molar-refractivity contribution in [1.29, 1.82) is 0 Å². The topological polar surface area (TPSA) is 66.5 Å². The highest BCUT2D eigenvalue weighted by Gasteiger charge is 2.19. The van der Waals surface area contributed by atoms with E-state index >= 15 is 0 Å². The molecule has 0 fully saturated rings. The van der Waals surface area contributed by atoms with Gasteiger partial charge >= 0.3 is 0 Å². The van der Waals surface area contributed by atoms with Gasteiger partial charge in [0.2, 0.25) is 0 Å². The molecule has 3 nitrogen and oxygen atoms in total. The van der Waals surface area contributed by atoms with E-state index in [9.17, 15) is 10.2 Å².